The van der Waals surface area contributed by atoms with Crippen LogP contribution in [0.25, 0.3) is 0 Å². The summed E-state index contributed by atoms with van der Waals surface area (Å²) in [6, 6.07) is 12.2. The maximum Gasteiger partial charge on any atom is 0.129 e. The Morgan fingerprint density at radius 1 is 1.00 bits per heavy atom. The van der Waals surface area contributed by atoms with Gasteiger partial charge in [0, 0.05) is 12.5 Å². The van der Waals surface area contributed by atoms with Crippen LogP contribution in [0.4, 0.5) is 8.78 Å². The third kappa shape index (κ3) is 4.47. The van der Waals surface area contributed by atoms with E-state index in [0.717, 1.165) is 5.56 Å². The standard InChI is InChI=1S/C15H15F2NO.ClH/c16-12-4-1-3-11(9-12)15(7-8-18)19-14-6-2-5-13(17)10-14;/h1-6,9-10,15H,7-8,18H2;1H. The largest absolute Gasteiger partial charge is 1.00 e. The lowest BCUT2D eigenvalue weighted by atomic mass is 10.1. The quantitative estimate of drug-likeness (QED) is 0.810. The van der Waals surface area contributed by atoms with E-state index >= 15 is 0 Å². The Kier molecular flexibility index (Phi) is 6.42. The van der Waals surface area contributed by atoms with E-state index in [0.29, 0.717) is 18.7 Å². The fraction of sp³-hybridized carbons (Fsp3) is 0.200. The first-order chi connectivity index (χ1) is 9.19. The van der Waals surface area contributed by atoms with Gasteiger partial charge in [-0.25, -0.2) is 8.78 Å². The number of hydrogen-bond donors (Lipinski definition) is 1. The molecule has 0 spiro atoms. The first kappa shape index (κ1) is 16.4. The minimum atomic E-state index is -0.356. The molecule has 5 heteroatoms. The van der Waals surface area contributed by atoms with E-state index in [-0.39, 0.29) is 30.1 Å². The van der Waals surface area contributed by atoms with E-state index in [1.165, 1.54) is 24.3 Å². The highest BCUT2D eigenvalue weighted by Crippen LogP contribution is 2.25. The van der Waals surface area contributed by atoms with Crippen molar-refractivity contribution in [3.63, 3.8) is 0 Å². The van der Waals surface area contributed by atoms with Gasteiger partial charge in [0.1, 0.15) is 23.5 Å². The van der Waals surface area contributed by atoms with E-state index in [9.17, 15) is 8.78 Å². The Morgan fingerprint density at radius 3 is 2.25 bits per heavy atom. The van der Waals surface area contributed by atoms with Gasteiger partial charge in [-0.05, 0) is 29.8 Å². The molecule has 0 bridgehead atoms. The first-order valence-electron chi connectivity index (χ1n) is 6.16. The van der Waals surface area contributed by atoms with Gasteiger partial charge in [0.25, 0.3) is 0 Å². The highest BCUT2D eigenvalue weighted by molar-refractivity contribution is 5.25. The summed E-state index contributed by atoms with van der Waals surface area (Å²) < 4.78 is 32.1. The molecule has 0 fully saturated rings. The van der Waals surface area contributed by atoms with Crippen LogP contribution >= 0.6 is 0 Å². The third-order valence-electron chi connectivity index (χ3n) is 2.76. The van der Waals surface area contributed by atoms with Crippen molar-refractivity contribution in [1.82, 2.24) is 0 Å². The molecule has 108 valence electrons. The van der Waals surface area contributed by atoms with Crippen LogP contribution in [0, 0.1) is 11.6 Å². The zero-order valence-electron chi connectivity index (χ0n) is 10.9. The fourth-order valence-corrected chi connectivity index (χ4v) is 1.89. The summed E-state index contributed by atoms with van der Waals surface area (Å²) in [4.78, 5) is 0. The Morgan fingerprint density at radius 2 is 1.65 bits per heavy atom. The maximum absolute atomic E-state index is 13.2. The topological polar surface area (TPSA) is 36.9 Å². The minimum Gasteiger partial charge on any atom is -1.00 e. The van der Waals surface area contributed by atoms with Gasteiger partial charge in [-0.15, -0.1) is 0 Å². The van der Waals surface area contributed by atoms with Gasteiger partial charge in [-0.2, -0.15) is 0 Å². The van der Waals surface area contributed by atoms with Gasteiger partial charge < -0.3 is 22.9 Å². The van der Waals surface area contributed by atoms with Crippen LogP contribution < -0.4 is 22.9 Å². The van der Waals surface area contributed by atoms with E-state index in [1.807, 2.05) is 0 Å². The SMILES string of the molecule is [Cl-].[NH3+]CCC(Oc1cccc(F)c1)c1cccc(F)c1. The molecule has 2 aromatic rings. The normalized spacial score (nSPS) is 11.6. The molecule has 0 heterocycles. The number of rotatable bonds is 5. The zero-order chi connectivity index (χ0) is 13.7. The van der Waals surface area contributed by atoms with Crippen molar-refractivity contribution in [3.8, 4) is 5.75 Å². The molecule has 20 heavy (non-hydrogen) atoms. The summed E-state index contributed by atoms with van der Waals surface area (Å²) in [5.41, 5.74) is 4.51. The molecule has 0 aliphatic carbocycles. The third-order valence-corrected chi connectivity index (χ3v) is 2.76. The van der Waals surface area contributed by atoms with Crippen molar-refractivity contribution in [2.24, 2.45) is 0 Å². The maximum atomic E-state index is 13.2. The van der Waals surface area contributed by atoms with Crippen LogP contribution in [0.2, 0.25) is 0 Å². The van der Waals surface area contributed by atoms with Crippen LogP contribution in [0.1, 0.15) is 18.1 Å². The first-order valence-corrected chi connectivity index (χ1v) is 6.16. The molecule has 2 rings (SSSR count). The highest BCUT2D eigenvalue weighted by Gasteiger charge is 2.14. The lowest BCUT2D eigenvalue weighted by molar-refractivity contribution is -0.370. The minimum absolute atomic E-state index is 0. The Balaban J connectivity index is 0.00000200. The molecule has 0 aliphatic heterocycles. The molecule has 0 amide bonds. The summed E-state index contributed by atoms with van der Waals surface area (Å²) in [5, 5.41) is 0. The lowest BCUT2D eigenvalue weighted by Crippen LogP contribution is -3.00. The molecule has 2 aromatic carbocycles. The van der Waals surface area contributed by atoms with Crippen molar-refractivity contribution < 1.29 is 31.7 Å². The molecule has 0 radical (unpaired) electrons. The molecule has 3 N–H and O–H groups in total. The van der Waals surface area contributed by atoms with Gasteiger partial charge >= 0.3 is 0 Å². The van der Waals surface area contributed by atoms with Crippen LogP contribution in [0.3, 0.4) is 0 Å². The van der Waals surface area contributed by atoms with E-state index in [2.05, 4.69) is 5.73 Å². The zero-order valence-corrected chi connectivity index (χ0v) is 11.6. The highest BCUT2D eigenvalue weighted by atomic mass is 35.5. The number of quaternary nitrogens is 1. The second-order valence-electron chi connectivity index (χ2n) is 4.26. The number of benzene rings is 2. The summed E-state index contributed by atoms with van der Waals surface area (Å²) in [6.07, 6.45) is 0.315. The Bertz CT molecular complexity index is 551. The molecule has 1 unspecified atom stereocenters. The van der Waals surface area contributed by atoms with Crippen molar-refractivity contribution in [3.05, 3.63) is 65.7 Å². The molecule has 0 saturated carbocycles. The number of halogens is 3. The van der Waals surface area contributed by atoms with Crippen molar-refractivity contribution >= 4 is 0 Å². The summed E-state index contributed by atoms with van der Waals surface area (Å²) in [7, 11) is 0. The van der Waals surface area contributed by atoms with E-state index in [4.69, 9.17) is 4.74 Å². The molecular formula is C15H16ClF2NO. The second kappa shape index (κ2) is 7.82. The monoisotopic (exact) mass is 299 g/mol. The second-order valence-corrected chi connectivity index (χ2v) is 4.26. The Hall–Kier alpha value is -1.65. The molecule has 1 atom stereocenters. The molecule has 0 saturated heterocycles. The number of ether oxygens (including phenoxy) is 1. The average molecular weight is 300 g/mol. The van der Waals surface area contributed by atoms with Gasteiger partial charge in [0.15, 0.2) is 0 Å². The molecule has 0 aliphatic rings. The van der Waals surface area contributed by atoms with Crippen molar-refractivity contribution in [2.75, 3.05) is 6.54 Å². The lowest BCUT2D eigenvalue weighted by Gasteiger charge is -2.18. The Labute approximate surface area is 123 Å². The summed E-state index contributed by atoms with van der Waals surface area (Å²) in [5.74, 6) is -0.234. The summed E-state index contributed by atoms with van der Waals surface area (Å²) in [6.45, 7) is 0.649. The van der Waals surface area contributed by atoms with Crippen molar-refractivity contribution in [1.29, 1.82) is 0 Å². The van der Waals surface area contributed by atoms with Gasteiger partial charge in [0.2, 0.25) is 0 Å². The molecule has 0 aromatic heterocycles. The predicted octanol–water partition coefficient (Wildman–Crippen LogP) is -0.279. The number of hydrogen-bond acceptors (Lipinski definition) is 1. The fourth-order valence-electron chi connectivity index (χ4n) is 1.89. The van der Waals surface area contributed by atoms with Gasteiger partial charge in [-0.3, -0.25) is 0 Å². The van der Waals surface area contributed by atoms with Crippen molar-refractivity contribution in [2.45, 2.75) is 12.5 Å². The molecular weight excluding hydrogens is 284 g/mol. The van der Waals surface area contributed by atoms with Crippen LogP contribution in [0.5, 0.6) is 5.75 Å². The van der Waals surface area contributed by atoms with E-state index < -0.39 is 0 Å². The van der Waals surface area contributed by atoms with Crippen LogP contribution in [-0.2, 0) is 0 Å². The van der Waals surface area contributed by atoms with E-state index in [1.54, 1.807) is 24.3 Å². The van der Waals surface area contributed by atoms with Gasteiger partial charge in [-0.1, -0.05) is 18.2 Å². The van der Waals surface area contributed by atoms with Crippen LogP contribution in [-0.4, -0.2) is 6.54 Å². The van der Waals surface area contributed by atoms with Crippen LogP contribution in [0.15, 0.2) is 48.5 Å². The molecule has 2 nitrogen and oxygen atoms in total. The van der Waals surface area contributed by atoms with Gasteiger partial charge in [0.05, 0.1) is 6.54 Å². The smallest absolute Gasteiger partial charge is 0.129 e. The summed E-state index contributed by atoms with van der Waals surface area (Å²) >= 11 is 0. The predicted molar refractivity (Wildman–Crippen MR) is 68.5 cm³/mol. The average Bonchev–Trinajstić information content (AvgIpc) is 2.38.